The average Bonchev–Trinajstić information content (AvgIpc) is 2.25. The molecule has 18 heavy (non-hydrogen) atoms. The van der Waals surface area contributed by atoms with Gasteiger partial charge in [-0.3, -0.25) is 0 Å². The van der Waals surface area contributed by atoms with Gasteiger partial charge in [-0.05, 0) is 11.6 Å². The van der Waals surface area contributed by atoms with Crippen molar-refractivity contribution in [3.8, 4) is 11.6 Å². The highest BCUT2D eigenvalue weighted by atomic mass is 79.9. The lowest BCUT2D eigenvalue weighted by molar-refractivity contribution is -0.275. The molecule has 0 radical (unpaired) electrons. The third-order valence-electron chi connectivity index (χ3n) is 1.80. The Hall–Kier alpha value is -1.51. The molecule has 0 saturated carbocycles. The lowest BCUT2D eigenvalue weighted by Crippen LogP contribution is -2.19. The van der Waals surface area contributed by atoms with Crippen LogP contribution in [0.15, 0.2) is 6.07 Å². The number of rotatable bonds is 4. The molecule has 1 heterocycles. The minimum Gasteiger partial charge on any atom is -0.478 e. The van der Waals surface area contributed by atoms with E-state index in [0.717, 1.165) is 13.2 Å². The quantitative estimate of drug-likeness (QED) is 0.860. The number of aromatic nitrogens is 1. The topological polar surface area (TPSA) is 68.7 Å². The summed E-state index contributed by atoms with van der Waals surface area (Å²) in [5.41, 5.74) is -0.360. The van der Waals surface area contributed by atoms with Crippen molar-refractivity contribution >= 4 is 21.9 Å². The standard InChI is InChI=1S/C9H7BrF3NO4/c1-17-7-5(18-9(11,12)13)2-4(3-10)6(14-7)8(15)16/h2H,3H2,1H3,(H,15,16). The number of ether oxygens (including phenoxy) is 2. The summed E-state index contributed by atoms with van der Waals surface area (Å²) in [6.45, 7) is 0. The van der Waals surface area contributed by atoms with E-state index in [1.807, 2.05) is 0 Å². The first kappa shape index (κ1) is 14.6. The van der Waals surface area contributed by atoms with Gasteiger partial charge in [0.1, 0.15) is 0 Å². The predicted octanol–water partition coefficient (Wildman–Crippen LogP) is 2.58. The zero-order valence-electron chi connectivity index (χ0n) is 8.92. The Balaban J connectivity index is 3.30. The van der Waals surface area contributed by atoms with E-state index in [9.17, 15) is 18.0 Å². The number of hydrogen-bond acceptors (Lipinski definition) is 4. The van der Waals surface area contributed by atoms with Gasteiger partial charge in [-0.25, -0.2) is 9.78 Å². The highest BCUT2D eigenvalue weighted by molar-refractivity contribution is 9.08. The smallest absolute Gasteiger partial charge is 0.478 e. The van der Waals surface area contributed by atoms with E-state index in [-0.39, 0.29) is 10.9 Å². The van der Waals surface area contributed by atoms with Crippen molar-refractivity contribution in [3.05, 3.63) is 17.3 Å². The molecule has 0 aliphatic carbocycles. The van der Waals surface area contributed by atoms with Crippen molar-refractivity contribution in [2.45, 2.75) is 11.7 Å². The first-order valence-electron chi connectivity index (χ1n) is 4.41. The van der Waals surface area contributed by atoms with Crippen LogP contribution in [0, 0.1) is 0 Å². The third-order valence-corrected chi connectivity index (χ3v) is 2.40. The summed E-state index contributed by atoms with van der Waals surface area (Å²) in [4.78, 5) is 14.3. The number of carboxylic acids is 1. The van der Waals surface area contributed by atoms with Crippen molar-refractivity contribution < 1.29 is 32.5 Å². The second-order valence-corrected chi connectivity index (χ2v) is 3.55. The van der Waals surface area contributed by atoms with Crippen LogP contribution in [0.4, 0.5) is 13.2 Å². The molecule has 0 aliphatic heterocycles. The third kappa shape index (κ3) is 3.49. The molecule has 5 nitrogen and oxygen atoms in total. The number of aromatic carboxylic acids is 1. The van der Waals surface area contributed by atoms with Crippen LogP contribution in [0.3, 0.4) is 0 Å². The SMILES string of the molecule is COc1nc(C(=O)O)c(CBr)cc1OC(F)(F)F. The van der Waals surface area contributed by atoms with Crippen LogP contribution >= 0.6 is 15.9 Å². The van der Waals surface area contributed by atoms with Gasteiger partial charge in [0.2, 0.25) is 0 Å². The average molecular weight is 330 g/mol. The van der Waals surface area contributed by atoms with E-state index in [1.54, 1.807) is 0 Å². The summed E-state index contributed by atoms with van der Waals surface area (Å²) < 4.78 is 44.6. The number of alkyl halides is 4. The molecule has 9 heteroatoms. The van der Waals surface area contributed by atoms with E-state index in [2.05, 4.69) is 30.4 Å². The minimum absolute atomic E-state index is 0.0137. The van der Waals surface area contributed by atoms with Gasteiger partial charge in [0, 0.05) is 5.33 Å². The Morgan fingerprint density at radius 1 is 1.56 bits per heavy atom. The monoisotopic (exact) mass is 329 g/mol. The van der Waals surface area contributed by atoms with E-state index in [0.29, 0.717) is 0 Å². The maximum Gasteiger partial charge on any atom is 0.573 e. The molecule has 100 valence electrons. The van der Waals surface area contributed by atoms with Gasteiger partial charge < -0.3 is 14.6 Å². The van der Waals surface area contributed by atoms with Crippen LogP contribution in [0.2, 0.25) is 0 Å². The normalized spacial score (nSPS) is 11.2. The fraction of sp³-hybridized carbons (Fsp3) is 0.333. The lowest BCUT2D eigenvalue weighted by atomic mass is 10.2. The summed E-state index contributed by atoms with van der Waals surface area (Å²) in [7, 11) is 1.06. The lowest BCUT2D eigenvalue weighted by Gasteiger charge is -2.13. The zero-order chi connectivity index (χ0) is 13.9. The van der Waals surface area contributed by atoms with Gasteiger partial charge in [0.05, 0.1) is 7.11 Å². The Morgan fingerprint density at radius 2 is 2.17 bits per heavy atom. The van der Waals surface area contributed by atoms with Gasteiger partial charge in [-0.1, -0.05) is 15.9 Å². The van der Waals surface area contributed by atoms with Gasteiger partial charge in [0.25, 0.3) is 5.88 Å². The highest BCUT2D eigenvalue weighted by Crippen LogP contribution is 2.33. The van der Waals surface area contributed by atoms with Crippen LogP contribution in [-0.2, 0) is 5.33 Å². The Labute approximate surface area is 108 Å². The van der Waals surface area contributed by atoms with Crippen LogP contribution in [-0.4, -0.2) is 29.5 Å². The van der Waals surface area contributed by atoms with Gasteiger partial charge in [-0.15, -0.1) is 13.2 Å². The second-order valence-electron chi connectivity index (χ2n) is 2.99. The van der Waals surface area contributed by atoms with E-state index >= 15 is 0 Å². The Kier molecular flexibility index (Phi) is 4.38. The van der Waals surface area contributed by atoms with Gasteiger partial charge >= 0.3 is 12.3 Å². The van der Waals surface area contributed by atoms with Crippen molar-refractivity contribution in [1.82, 2.24) is 4.98 Å². The molecular weight excluding hydrogens is 323 g/mol. The molecule has 0 amide bonds. The maximum absolute atomic E-state index is 12.1. The fourth-order valence-electron chi connectivity index (χ4n) is 1.15. The van der Waals surface area contributed by atoms with E-state index in [1.165, 1.54) is 0 Å². The molecule has 1 N–H and O–H groups in total. The summed E-state index contributed by atoms with van der Waals surface area (Å²) in [5.74, 6) is -2.61. The molecule has 0 atom stereocenters. The van der Waals surface area contributed by atoms with Crippen molar-refractivity contribution in [3.63, 3.8) is 0 Å². The highest BCUT2D eigenvalue weighted by Gasteiger charge is 2.33. The fourth-order valence-corrected chi connectivity index (χ4v) is 1.58. The molecule has 0 aliphatic rings. The zero-order valence-corrected chi connectivity index (χ0v) is 10.5. The van der Waals surface area contributed by atoms with E-state index < -0.39 is 29.7 Å². The van der Waals surface area contributed by atoms with E-state index in [4.69, 9.17) is 5.11 Å². The van der Waals surface area contributed by atoms with Crippen LogP contribution in [0.25, 0.3) is 0 Å². The number of carbonyl (C=O) groups is 1. The molecule has 1 rings (SSSR count). The number of methoxy groups -OCH3 is 1. The molecule has 0 unspecified atom stereocenters. The molecular formula is C9H7BrF3NO4. The number of carboxylic acid groups (broad SMARTS) is 1. The van der Waals surface area contributed by atoms with Crippen molar-refractivity contribution in [1.29, 1.82) is 0 Å². The first-order valence-corrected chi connectivity index (χ1v) is 5.53. The first-order chi connectivity index (χ1) is 8.28. The molecule has 0 aromatic carbocycles. The van der Waals surface area contributed by atoms with Crippen LogP contribution in [0.1, 0.15) is 16.1 Å². The molecule has 1 aromatic rings. The summed E-state index contributed by atoms with van der Waals surface area (Å²) in [6, 6.07) is 0.914. The number of halogens is 4. The maximum atomic E-state index is 12.1. The number of pyridine rings is 1. The summed E-state index contributed by atoms with van der Waals surface area (Å²) >= 11 is 2.96. The van der Waals surface area contributed by atoms with Crippen LogP contribution < -0.4 is 9.47 Å². The van der Waals surface area contributed by atoms with Crippen LogP contribution in [0.5, 0.6) is 11.6 Å². The van der Waals surface area contributed by atoms with Crippen molar-refractivity contribution in [2.24, 2.45) is 0 Å². The summed E-state index contributed by atoms with van der Waals surface area (Å²) in [6.07, 6.45) is -4.91. The van der Waals surface area contributed by atoms with Gasteiger partial charge in [-0.2, -0.15) is 0 Å². The Bertz CT molecular complexity index is 464. The minimum atomic E-state index is -4.91. The molecule has 0 spiro atoms. The molecule has 1 aromatic heterocycles. The predicted molar refractivity (Wildman–Crippen MR) is 57.1 cm³/mol. The molecule has 0 saturated heterocycles. The van der Waals surface area contributed by atoms with Crippen molar-refractivity contribution in [2.75, 3.05) is 7.11 Å². The number of hydrogen-bond donors (Lipinski definition) is 1. The summed E-state index contributed by atoms with van der Waals surface area (Å²) in [5, 5.41) is 8.85. The Morgan fingerprint density at radius 3 is 2.56 bits per heavy atom. The number of nitrogens with zero attached hydrogens (tertiary/aromatic N) is 1. The largest absolute Gasteiger partial charge is 0.573 e. The van der Waals surface area contributed by atoms with Gasteiger partial charge in [0.15, 0.2) is 11.4 Å². The molecule has 0 fully saturated rings. The molecule has 0 bridgehead atoms. The second kappa shape index (κ2) is 5.42.